The van der Waals surface area contributed by atoms with Crippen molar-refractivity contribution in [3.05, 3.63) is 16.4 Å². The number of nitriles is 1. The highest BCUT2D eigenvalue weighted by molar-refractivity contribution is 6.31. The Bertz CT molecular complexity index is 483. The first-order valence-electron chi connectivity index (χ1n) is 7.56. The quantitative estimate of drug-likeness (QED) is 0.756. The molecular weight excluding hydrogens is 272 g/mol. The zero-order valence-corrected chi connectivity index (χ0v) is 13.2. The fourth-order valence-electron chi connectivity index (χ4n) is 3.04. The zero-order chi connectivity index (χ0) is 14.5. The van der Waals surface area contributed by atoms with Gasteiger partial charge in [0.25, 0.3) is 0 Å². The van der Waals surface area contributed by atoms with Crippen LogP contribution in [-0.4, -0.2) is 27.3 Å². The molecule has 1 aromatic heterocycles. The van der Waals surface area contributed by atoms with Crippen molar-refractivity contribution in [3.8, 4) is 6.07 Å². The molecule has 0 aromatic carbocycles. The van der Waals surface area contributed by atoms with Gasteiger partial charge in [0, 0.05) is 19.1 Å². The molecule has 1 saturated carbocycles. The molecule has 1 aromatic rings. The highest BCUT2D eigenvalue weighted by Gasteiger charge is 2.25. The van der Waals surface area contributed by atoms with Gasteiger partial charge in [0.05, 0.1) is 29.0 Å². The lowest BCUT2D eigenvalue weighted by molar-refractivity contribution is 0.208. The molecule has 0 saturated heterocycles. The van der Waals surface area contributed by atoms with Gasteiger partial charge in [0.15, 0.2) is 0 Å². The standard InChI is InChI=1S/C15H23ClN4/c1-3-13-15(16)14(20(4-2)18-13)11-19(10-9-17)12-7-5-6-8-12/h12H,3-8,10-11H2,1-2H3. The van der Waals surface area contributed by atoms with Crippen LogP contribution in [0, 0.1) is 11.3 Å². The van der Waals surface area contributed by atoms with E-state index in [2.05, 4.69) is 29.9 Å². The molecule has 0 radical (unpaired) electrons. The van der Waals surface area contributed by atoms with Crippen molar-refractivity contribution < 1.29 is 0 Å². The van der Waals surface area contributed by atoms with Crippen LogP contribution >= 0.6 is 11.6 Å². The maximum absolute atomic E-state index is 9.08. The summed E-state index contributed by atoms with van der Waals surface area (Å²) in [7, 11) is 0. The monoisotopic (exact) mass is 294 g/mol. The maximum atomic E-state index is 9.08. The summed E-state index contributed by atoms with van der Waals surface area (Å²) >= 11 is 6.47. The summed E-state index contributed by atoms with van der Waals surface area (Å²) in [6, 6.07) is 2.82. The van der Waals surface area contributed by atoms with Crippen LogP contribution in [0.25, 0.3) is 0 Å². The third kappa shape index (κ3) is 3.16. The van der Waals surface area contributed by atoms with E-state index in [1.54, 1.807) is 0 Å². The minimum Gasteiger partial charge on any atom is -0.282 e. The average Bonchev–Trinajstić information content (AvgIpc) is 3.07. The minimum atomic E-state index is 0.470. The Balaban J connectivity index is 2.21. The lowest BCUT2D eigenvalue weighted by Crippen LogP contribution is -2.34. The van der Waals surface area contributed by atoms with Gasteiger partial charge in [-0.2, -0.15) is 10.4 Å². The molecule has 0 bridgehead atoms. The van der Waals surface area contributed by atoms with E-state index >= 15 is 0 Å². The molecule has 110 valence electrons. The Hall–Kier alpha value is -1.05. The summed E-state index contributed by atoms with van der Waals surface area (Å²) in [6.07, 6.45) is 5.78. The molecule has 1 heterocycles. The molecule has 5 heteroatoms. The Kier molecular flexibility index (Phi) is 5.45. The summed E-state index contributed by atoms with van der Waals surface area (Å²) in [5.41, 5.74) is 2.03. The van der Waals surface area contributed by atoms with Crippen molar-refractivity contribution >= 4 is 11.6 Å². The smallest absolute Gasteiger partial charge is 0.0871 e. The van der Waals surface area contributed by atoms with Gasteiger partial charge in [-0.05, 0) is 26.2 Å². The van der Waals surface area contributed by atoms with Crippen LogP contribution in [-0.2, 0) is 19.5 Å². The normalized spacial score (nSPS) is 15.9. The SMILES string of the molecule is CCc1nn(CC)c(CN(CC#N)C2CCCC2)c1Cl. The van der Waals surface area contributed by atoms with Gasteiger partial charge < -0.3 is 0 Å². The van der Waals surface area contributed by atoms with Crippen molar-refractivity contribution in [3.63, 3.8) is 0 Å². The van der Waals surface area contributed by atoms with Gasteiger partial charge in [0.1, 0.15) is 0 Å². The van der Waals surface area contributed by atoms with Gasteiger partial charge in [-0.15, -0.1) is 0 Å². The molecule has 1 aliphatic rings. The van der Waals surface area contributed by atoms with E-state index < -0.39 is 0 Å². The number of hydrogen-bond donors (Lipinski definition) is 0. The Labute approximate surface area is 126 Å². The van der Waals surface area contributed by atoms with E-state index in [-0.39, 0.29) is 0 Å². The molecule has 4 nitrogen and oxygen atoms in total. The van der Waals surface area contributed by atoms with Crippen molar-refractivity contribution in [2.45, 2.75) is 65.1 Å². The second-order valence-corrected chi connectivity index (χ2v) is 5.76. The lowest BCUT2D eigenvalue weighted by Gasteiger charge is -2.26. The van der Waals surface area contributed by atoms with Crippen LogP contribution in [0.4, 0.5) is 0 Å². The molecule has 20 heavy (non-hydrogen) atoms. The number of hydrogen-bond acceptors (Lipinski definition) is 3. The van der Waals surface area contributed by atoms with Crippen LogP contribution in [0.1, 0.15) is 50.9 Å². The highest BCUT2D eigenvalue weighted by Crippen LogP contribution is 2.28. The number of halogens is 1. The third-order valence-corrected chi connectivity index (χ3v) is 4.60. The predicted octanol–water partition coefficient (Wildman–Crippen LogP) is 3.39. The molecule has 2 rings (SSSR count). The van der Waals surface area contributed by atoms with Crippen molar-refractivity contribution in [1.82, 2.24) is 14.7 Å². The van der Waals surface area contributed by atoms with Crippen LogP contribution in [0.3, 0.4) is 0 Å². The first-order valence-corrected chi connectivity index (χ1v) is 7.94. The van der Waals surface area contributed by atoms with Crippen molar-refractivity contribution in [1.29, 1.82) is 5.26 Å². The number of nitrogens with zero attached hydrogens (tertiary/aromatic N) is 4. The van der Waals surface area contributed by atoms with Crippen LogP contribution < -0.4 is 0 Å². The molecule has 0 N–H and O–H groups in total. The fraction of sp³-hybridized carbons (Fsp3) is 0.733. The fourth-order valence-corrected chi connectivity index (χ4v) is 3.36. The van der Waals surface area contributed by atoms with Crippen molar-refractivity contribution in [2.24, 2.45) is 0 Å². The topological polar surface area (TPSA) is 44.9 Å². The second kappa shape index (κ2) is 7.10. The minimum absolute atomic E-state index is 0.470. The first-order chi connectivity index (χ1) is 9.71. The molecule has 1 aliphatic carbocycles. The van der Waals surface area contributed by atoms with Gasteiger partial charge in [-0.3, -0.25) is 9.58 Å². The maximum Gasteiger partial charge on any atom is 0.0871 e. The summed E-state index contributed by atoms with van der Waals surface area (Å²) in [6.45, 7) is 6.17. The summed E-state index contributed by atoms with van der Waals surface area (Å²) in [5.74, 6) is 0. The van der Waals surface area contributed by atoms with E-state index in [1.165, 1.54) is 25.7 Å². The van der Waals surface area contributed by atoms with Gasteiger partial charge in [0.2, 0.25) is 0 Å². The molecule has 0 unspecified atom stereocenters. The molecule has 0 aliphatic heterocycles. The van der Waals surface area contributed by atoms with E-state index in [1.807, 2.05) is 4.68 Å². The third-order valence-electron chi connectivity index (χ3n) is 4.16. The largest absolute Gasteiger partial charge is 0.282 e. The Morgan fingerprint density at radius 1 is 1.40 bits per heavy atom. The summed E-state index contributed by atoms with van der Waals surface area (Å²) in [5, 5.41) is 14.4. The second-order valence-electron chi connectivity index (χ2n) is 5.38. The summed E-state index contributed by atoms with van der Waals surface area (Å²) in [4.78, 5) is 2.27. The average molecular weight is 295 g/mol. The summed E-state index contributed by atoms with van der Waals surface area (Å²) < 4.78 is 1.99. The van der Waals surface area contributed by atoms with Crippen molar-refractivity contribution in [2.75, 3.05) is 6.54 Å². The van der Waals surface area contributed by atoms with E-state index in [0.717, 1.165) is 35.9 Å². The molecule has 0 spiro atoms. The van der Waals surface area contributed by atoms with E-state index in [9.17, 15) is 0 Å². The van der Waals surface area contributed by atoms with Gasteiger partial charge in [-0.25, -0.2) is 0 Å². The molecular formula is C15H23ClN4. The highest BCUT2D eigenvalue weighted by atomic mass is 35.5. The molecule has 1 fully saturated rings. The van der Waals surface area contributed by atoms with Crippen LogP contribution in [0.2, 0.25) is 5.02 Å². The molecule has 0 amide bonds. The van der Waals surface area contributed by atoms with Gasteiger partial charge in [-0.1, -0.05) is 31.4 Å². The number of rotatable bonds is 6. The zero-order valence-electron chi connectivity index (χ0n) is 12.4. The first kappa shape index (κ1) is 15.3. The Morgan fingerprint density at radius 3 is 2.65 bits per heavy atom. The van der Waals surface area contributed by atoms with E-state index in [0.29, 0.717) is 12.6 Å². The predicted molar refractivity (Wildman–Crippen MR) is 80.6 cm³/mol. The van der Waals surface area contributed by atoms with Crippen LogP contribution in [0.5, 0.6) is 0 Å². The number of aromatic nitrogens is 2. The lowest BCUT2D eigenvalue weighted by atomic mass is 10.2. The number of aryl methyl sites for hydroxylation is 2. The molecule has 0 atom stereocenters. The van der Waals surface area contributed by atoms with Gasteiger partial charge >= 0.3 is 0 Å². The Morgan fingerprint density at radius 2 is 2.10 bits per heavy atom. The van der Waals surface area contributed by atoms with Crippen LogP contribution in [0.15, 0.2) is 0 Å². The van der Waals surface area contributed by atoms with E-state index in [4.69, 9.17) is 16.9 Å².